The van der Waals surface area contributed by atoms with Gasteiger partial charge in [0.25, 0.3) is 0 Å². The standard InChI is InChI=1S/C20H33N3O3S/c1-14-10-15-4-9-26-20(18(15)27-14)5-7-23(8-6-20)13-16(21)11-22-12-17(24)19(2,3)25/h10-11,17,22,24-25H,4-9,12-13,21H2,1-3H3/b16-11-. The van der Waals surface area contributed by atoms with Crippen LogP contribution in [0.4, 0.5) is 0 Å². The highest BCUT2D eigenvalue weighted by Gasteiger charge is 2.42. The van der Waals surface area contributed by atoms with Crippen LogP contribution in [-0.4, -0.2) is 59.6 Å². The molecule has 0 radical (unpaired) electrons. The molecule has 0 amide bonds. The second kappa shape index (κ2) is 8.09. The molecule has 27 heavy (non-hydrogen) atoms. The Morgan fingerprint density at radius 1 is 1.48 bits per heavy atom. The maximum absolute atomic E-state index is 9.84. The average molecular weight is 396 g/mol. The van der Waals surface area contributed by atoms with Crippen molar-refractivity contribution in [2.75, 3.05) is 32.8 Å². The molecule has 1 fully saturated rings. The van der Waals surface area contributed by atoms with Gasteiger partial charge in [0.1, 0.15) is 5.60 Å². The molecule has 6 nitrogen and oxygen atoms in total. The first-order chi connectivity index (χ1) is 12.7. The summed E-state index contributed by atoms with van der Waals surface area (Å²) >= 11 is 1.89. The molecule has 7 heteroatoms. The van der Waals surface area contributed by atoms with Crippen molar-refractivity contribution in [3.05, 3.63) is 33.3 Å². The number of rotatable bonds is 6. The number of aliphatic hydroxyl groups is 2. The third kappa shape index (κ3) is 4.84. The molecule has 5 N–H and O–H groups in total. The molecule has 1 unspecified atom stereocenters. The Bertz CT molecular complexity index is 673. The molecule has 1 aromatic heterocycles. The van der Waals surface area contributed by atoms with E-state index in [1.54, 1.807) is 20.0 Å². The summed E-state index contributed by atoms with van der Waals surface area (Å²) in [5, 5.41) is 22.6. The number of piperidine rings is 1. The van der Waals surface area contributed by atoms with Crippen LogP contribution < -0.4 is 11.1 Å². The number of ether oxygens (including phenoxy) is 1. The maximum Gasteiger partial charge on any atom is 0.105 e. The van der Waals surface area contributed by atoms with Gasteiger partial charge < -0.3 is 26.0 Å². The molecular weight excluding hydrogens is 362 g/mol. The van der Waals surface area contributed by atoms with Crippen molar-refractivity contribution >= 4 is 11.3 Å². The average Bonchev–Trinajstić information content (AvgIpc) is 2.98. The fourth-order valence-corrected chi connectivity index (χ4v) is 5.12. The van der Waals surface area contributed by atoms with E-state index in [4.69, 9.17) is 10.5 Å². The van der Waals surface area contributed by atoms with Gasteiger partial charge in [0.05, 0.1) is 18.3 Å². The van der Waals surface area contributed by atoms with Crippen molar-refractivity contribution < 1.29 is 14.9 Å². The summed E-state index contributed by atoms with van der Waals surface area (Å²) in [6.07, 6.45) is 3.92. The quantitative estimate of drug-likeness (QED) is 0.583. The maximum atomic E-state index is 9.84. The molecule has 2 aliphatic rings. The molecule has 0 saturated carbocycles. The predicted octanol–water partition coefficient (Wildman–Crippen LogP) is 1.44. The van der Waals surface area contributed by atoms with E-state index in [0.717, 1.165) is 44.7 Å². The monoisotopic (exact) mass is 395 g/mol. The SMILES string of the molecule is Cc1cc2c(s1)C1(CCN(C/C(N)=C/NCC(O)C(C)(C)O)CC1)OCC2. The van der Waals surface area contributed by atoms with E-state index in [-0.39, 0.29) is 12.1 Å². The topological polar surface area (TPSA) is 91.0 Å². The van der Waals surface area contributed by atoms with Crippen LogP contribution in [0, 0.1) is 6.92 Å². The van der Waals surface area contributed by atoms with Crippen molar-refractivity contribution in [2.45, 2.75) is 57.3 Å². The van der Waals surface area contributed by atoms with Crippen molar-refractivity contribution in [2.24, 2.45) is 5.73 Å². The number of nitrogens with two attached hydrogens (primary N) is 1. The zero-order chi connectivity index (χ0) is 19.7. The summed E-state index contributed by atoms with van der Waals surface area (Å²) in [7, 11) is 0. The van der Waals surface area contributed by atoms with Crippen molar-refractivity contribution in [1.82, 2.24) is 10.2 Å². The van der Waals surface area contributed by atoms with Gasteiger partial charge in [0.15, 0.2) is 0 Å². The van der Waals surface area contributed by atoms with Crippen molar-refractivity contribution in [3.63, 3.8) is 0 Å². The Hall–Kier alpha value is -1.12. The molecule has 1 saturated heterocycles. The van der Waals surface area contributed by atoms with E-state index in [2.05, 4.69) is 23.2 Å². The summed E-state index contributed by atoms with van der Waals surface area (Å²) in [5.41, 5.74) is 7.11. The first-order valence-corrected chi connectivity index (χ1v) is 10.6. The Balaban J connectivity index is 1.51. The number of fused-ring (bicyclic) bond motifs is 2. The normalized spacial score (nSPS) is 21.9. The van der Waals surface area contributed by atoms with Gasteiger partial charge in [0, 0.05) is 47.8 Å². The Morgan fingerprint density at radius 3 is 2.85 bits per heavy atom. The van der Waals surface area contributed by atoms with Crippen LogP contribution in [0.3, 0.4) is 0 Å². The number of nitrogens with one attached hydrogen (secondary N) is 1. The van der Waals surface area contributed by atoms with Crippen LogP contribution in [0.5, 0.6) is 0 Å². The number of likely N-dealkylation sites (tertiary alicyclic amines) is 1. The van der Waals surface area contributed by atoms with Gasteiger partial charge in [-0.25, -0.2) is 0 Å². The largest absolute Gasteiger partial charge is 0.400 e. The van der Waals surface area contributed by atoms with E-state index in [1.165, 1.54) is 15.3 Å². The van der Waals surface area contributed by atoms with Crippen LogP contribution in [-0.2, 0) is 16.8 Å². The van der Waals surface area contributed by atoms with Gasteiger partial charge in [-0.05, 0) is 51.7 Å². The van der Waals surface area contributed by atoms with Crippen LogP contribution in [0.25, 0.3) is 0 Å². The fraction of sp³-hybridized carbons (Fsp3) is 0.700. The first-order valence-electron chi connectivity index (χ1n) is 9.74. The lowest BCUT2D eigenvalue weighted by Crippen LogP contribution is -2.47. The molecule has 3 rings (SSSR count). The zero-order valence-electron chi connectivity index (χ0n) is 16.6. The van der Waals surface area contributed by atoms with E-state index >= 15 is 0 Å². The van der Waals surface area contributed by atoms with Gasteiger partial charge in [-0.2, -0.15) is 0 Å². The zero-order valence-corrected chi connectivity index (χ0v) is 17.4. The second-order valence-corrected chi connectivity index (χ2v) is 9.63. The molecule has 0 bridgehead atoms. The first kappa shape index (κ1) is 20.6. The van der Waals surface area contributed by atoms with E-state index in [9.17, 15) is 10.2 Å². The molecular formula is C20H33N3O3S. The number of hydrogen-bond acceptors (Lipinski definition) is 7. The summed E-state index contributed by atoms with van der Waals surface area (Å²) in [6.45, 7) is 9.04. The second-order valence-electron chi connectivity index (χ2n) is 8.38. The Labute approximate surface area is 166 Å². The number of nitrogens with zero attached hydrogens (tertiary/aromatic N) is 1. The lowest BCUT2D eigenvalue weighted by molar-refractivity contribution is -0.0940. The van der Waals surface area contributed by atoms with Gasteiger partial charge in [-0.3, -0.25) is 4.90 Å². The highest BCUT2D eigenvalue weighted by molar-refractivity contribution is 7.12. The predicted molar refractivity (Wildman–Crippen MR) is 109 cm³/mol. The van der Waals surface area contributed by atoms with Gasteiger partial charge >= 0.3 is 0 Å². The molecule has 2 aliphatic heterocycles. The third-order valence-electron chi connectivity index (χ3n) is 5.58. The molecule has 3 heterocycles. The van der Waals surface area contributed by atoms with E-state index in [0.29, 0.717) is 6.54 Å². The third-order valence-corrected chi connectivity index (χ3v) is 6.86. The fourth-order valence-electron chi connectivity index (χ4n) is 3.86. The Morgan fingerprint density at radius 2 is 2.19 bits per heavy atom. The van der Waals surface area contributed by atoms with Crippen LogP contribution in [0.15, 0.2) is 18.0 Å². The minimum atomic E-state index is -1.13. The lowest BCUT2D eigenvalue weighted by Gasteiger charge is -2.43. The molecule has 1 aromatic rings. The Kier molecular flexibility index (Phi) is 6.17. The summed E-state index contributed by atoms with van der Waals surface area (Å²) in [4.78, 5) is 5.17. The van der Waals surface area contributed by atoms with Crippen molar-refractivity contribution in [1.29, 1.82) is 0 Å². The van der Waals surface area contributed by atoms with Gasteiger partial charge in [0.2, 0.25) is 0 Å². The molecule has 0 aromatic carbocycles. The molecule has 0 aliphatic carbocycles. The minimum Gasteiger partial charge on any atom is -0.400 e. The molecule has 152 valence electrons. The summed E-state index contributed by atoms with van der Waals surface area (Å²) < 4.78 is 6.30. The molecule has 1 spiro atoms. The van der Waals surface area contributed by atoms with Crippen LogP contribution in [0.2, 0.25) is 0 Å². The van der Waals surface area contributed by atoms with Crippen LogP contribution in [0.1, 0.15) is 42.0 Å². The number of aliphatic hydroxyl groups excluding tert-OH is 1. The summed E-state index contributed by atoms with van der Waals surface area (Å²) in [5.74, 6) is 0. The number of aryl methyl sites for hydroxylation is 1. The van der Waals surface area contributed by atoms with Gasteiger partial charge in [-0.1, -0.05) is 0 Å². The summed E-state index contributed by atoms with van der Waals surface area (Å²) in [6, 6.07) is 2.32. The van der Waals surface area contributed by atoms with E-state index < -0.39 is 11.7 Å². The van der Waals surface area contributed by atoms with E-state index in [1.807, 2.05) is 11.3 Å². The molecule has 1 atom stereocenters. The number of thiophene rings is 1. The minimum absolute atomic E-state index is 0.101. The van der Waals surface area contributed by atoms with Crippen molar-refractivity contribution in [3.8, 4) is 0 Å². The van der Waals surface area contributed by atoms with Gasteiger partial charge in [-0.15, -0.1) is 11.3 Å². The smallest absolute Gasteiger partial charge is 0.105 e. The highest BCUT2D eigenvalue weighted by Crippen LogP contribution is 2.45. The lowest BCUT2D eigenvalue weighted by atomic mass is 9.85. The number of hydrogen-bond donors (Lipinski definition) is 4. The highest BCUT2D eigenvalue weighted by atomic mass is 32.1. The van der Waals surface area contributed by atoms with Crippen LogP contribution >= 0.6 is 11.3 Å².